The molecule has 0 aliphatic heterocycles. The van der Waals surface area contributed by atoms with Crippen molar-refractivity contribution in [3.05, 3.63) is 65.9 Å². The van der Waals surface area contributed by atoms with Crippen LogP contribution in [0.1, 0.15) is 23.0 Å². The van der Waals surface area contributed by atoms with Gasteiger partial charge in [0.25, 0.3) is 5.91 Å². The van der Waals surface area contributed by atoms with Crippen molar-refractivity contribution in [3.63, 3.8) is 0 Å². The maximum atomic E-state index is 12.6. The summed E-state index contributed by atoms with van der Waals surface area (Å²) in [4.78, 5) is 14.3. The number of aromatic amines is 1. The lowest BCUT2D eigenvalue weighted by Gasteiger charge is -2.16. The van der Waals surface area contributed by atoms with E-state index in [0.717, 1.165) is 28.3 Å². The molecule has 0 saturated heterocycles. The minimum Gasteiger partial charge on any atom is -0.494 e. The number of nitrogens with one attached hydrogen (secondary N) is 1. The fourth-order valence-corrected chi connectivity index (χ4v) is 2.53. The maximum Gasteiger partial charge on any atom is 0.276 e. The molecule has 2 aromatic carbocycles. The molecule has 5 heteroatoms. The highest BCUT2D eigenvalue weighted by atomic mass is 16.5. The van der Waals surface area contributed by atoms with E-state index in [1.165, 1.54) is 0 Å². The quantitative estimate of drug-likeness (QED) is 0.765. The SMILES string of the molecule is CCOc1ccc(-c2cc(C(=O)N(C)c3ccc(C)cc3)[nH]n2)cc1. The number of hydrogen-bond acceptors (Lipinski definition) is 3. The third-order valence-electron chi connectivity index (χ3n) is 4.00. The monoisotopic (exact) mass is 335 g/mol. The molecule has 128 valence electrons. The number of aryl methyl sites for hydroxylation is 1. The fraction of sp³-hybridized carbons (Fsp3) is 0.200. The van der Waals surface area contributed by atoms with Crippen LogP contribution in [0.2, 0.25) is 0 Å². The molecule has 25 heavy (non-hydrogen) atoms. The van der Waals surface area contributed by atoms with E-state index < -0.39 is 0 Å². The van der Waals surface area contributed by atoms with Crippen LogP contribution in [0.15, 0.2) is 54.6 Å². The van der Waals surface area contributed by atoms with E-state index in [1.54, 1.807) is 18.0 Å². The maximum absolute atomic E-state index is 12.6. The predicted molar refractivity (Wildman–Crippen MR) is 99.1 cm³/mol. The van der Waals surface area contributed by atoms with Gasteiger partial charge in [0, 0.05) is 18.3 Å². The molecular formula is C20H21N3O2. The lowest BCUT2D eigenvalue weighted by molar-refractivity contribution is 0.0988. The van der Waals surface area contributed by atoms with Crippen molar-refractivity contribution in [2.75, 3.05) is 18.6 Å². The van der Waals surface area contributed by atoms with Crippen LogP contribution in [0.3, 0.4) is 0 Å². The number of amides is 1. The van der Waals surface area contributed by atoms with E-state index in [1.807, 2.05) is 62.4 Å². The van der Waals surface area contributed by atoms with Crippen LogP contribution >= 0.6 is 0 Å². The Balaban J connectivity index is 1.78. The molecule has 1 heterocycles. The average Bonchev–Trinajstić information content (AvgIpc) is 3.12. The summed E-state index contributed by atoms with van der Waals surface area (Å²) in [6.45, 7) is 4.60. The molecule has 0 aliphatic carbocycles. The van der Waals surface area contributed by atoms with Gasteiger partial charge in [0.2, 0.25) is 0 Å². The first-order chi connectivity index (χ1) is 12.1. The van der Waals surface area contributed by atoms with Gasteiger partial charge in [0.1, 0.15) is 11.4 Å². The van der Waals surface area contributed by atoms with Crippen molar-refractivity contribution in [2.45, 2.75) is 13.8 Å². The Hall–Kier alpha value is -3.08. The van der Waals surface area contributed by atoms with Gasteiger partial charge in [0.15, 0.2) is 0 Å². The lowest BCUT2D eigenvalue weighted by atomic mass is 10.1. The second-order valence-electron chi connectivity index (χ2n) is 5.82. The standard InChI is InChI=1S/C20H21N3O2/c1-4-25-17-11-7-15(8-12-17)18-13-19(22-21-18)20(24)23(3)16-9-5-14(2)6-10-16/h5-13H,4H2,1-3H3,(H,21,22). The van der Waals surface area contributed by atoms with Crippen LogP contribution in [-0.2, 0) is 0 Å². The molecule has 0 spiro atoms. The molecule has 0 bridgehead atoms. The fourth-order valence-electron chi connectivity index (χ4n) is 2.53. The van der Waals surface area contributed by atoms with Crippen LogP contribution < -0.4 is 9.64 Å². The van der Waals surface area contributed by atoms with Crippen molar-refractivity contribution in [3.8, 4) is 17.0 Å². The molecule has 3 rings (SSSR count). The van der Waals surface area contributed by atoms with Gasteiger partial charge < -0.3 is 9.64 Å². The molecule has 0 fully saturated rings. The third kappa shape index (κ3) is 3.71. The Morgan fingerprint density at radius 2 is 1.80 bits per heavy atom. The highest BCUT2D eigenvalue weighted by Gasteiger charge is 2.16. The molecular weight excluding hydrogens is 314 g/mol. The van der Waals surface area contributed by atoms with Crippen LogP contribution in [0.5, 0.6) is 5.75 Å². The number of carbonyl (C=O) groups excluding carboxylic acids is 1. The van der Waals surface area contributed by atoms with Crippen molar-refractivity contribution in [2.24, 2.45) is 0 Å². The topological polar surface area (TPSA) is 58.2 Å². The lowest BCUT2D eigenvalue weighted by Crippen LogP contribution is -2.26. The second-order valence-corrected chi connectivity index (χ2v) is 5.82. The zero-order valence-corrected chi connectivity index (χ0v) is 14.6. The van der Waals surface area contributed by atoms with Crippen LogP contribution in [0, 0.1) is 6.92 Å². The summed E-state index contributed by atoms with van der Waals surface area (Å²) in [5.41, 5.74) is 4.10. The summed E-state index contributed by atoms with van der Waals surface area (Å²) in [5, 5.41) is 7.09. The largest absolute Gasteiger partial charge is 0.494 e. The van der Waals surface area contributed by atoms with Crippen LogP contribution in [-0.4, -0.2) is 29.8 Å². The van der Waals surface area contributed by atoms with E-state index in [9.17, 15) is 4.79 Å². The molecule has 1 N–H and O–H groups in total. The highest BCUT2D eigenvalue weighted by Crippen LogP contribution is 2.22. The highest BCUT2D eigenvalue weighted by molar-refractivity contribution is 6.04. The molecule has 1 amide bonds. The van der Waals surface area contributed by atoms with Crippen molar-refractivity contribution in [1.29, 1.82) is 0 Å². The van der Waals surface area contributed by atoms with Gasteiger partial charge in [-0.05, 0) is 56.3 Å². The summed E-state index contributed by atoms with van der Waals surface area (Å²) in [6, 6.07) is 17.2. The van der Waals surface area contributed by atoms with E-state index in [4.69, 9.17) is 4.74 Å². The Kier molecular flexibility index (Phi) is 4.84. The number of hydrogen-bond donors (Lipinski definition) is 1. The number of nitrogens with zero attached hydrogens (tertiary/aromatic N) is 2. The van der Waals surface area contributed by atoms with E-state index in [0.29, 0.717) is 12.3 Å². The molecule has 0 saturated carbocycles. The first kappa shape index (κ1) is 16.8. The van der Waals surface area contributed by atoms with Gasteiger partial charge in [-0.2, -0.15) is 5.10 Å². The van der Waals surface area contributed by atoms with Gasteiger partial charge in [-0.15, -0.1) is 0 Å². The minimum atomic E-state index is -0.131. The Bertz CT molecular complexity index is 851. The minimum absolute atomic E-state index is 0.131. The average molecular weight is 335 g/mol. The Morgan fingerprint density at radius 1 is 1.12 bits per heavy atom. The number of benzene rings is 2. The van der Waals surface area contributed by atoms with Gasteiger partial charge in [-0.1, -0.05) is 17.7 Å². The van der Waals surface area contributed by atoms with Gasteiger partial charge in [-0.25, -0.2) is 0 Å². The predicted octanol–water partition coefficient (Wildman–Crippen LogP) is 4.06. The molecule has 1 aromatic heterocycles. The number of ether oxygens (including phenoxy) is 1. The number of aromatic nitrogens is 2. The van der Waals surface area contributed by atoms with Crippen LogP contribution in [0.25, 0.3) is 11.3 Å². The summed E-state index contributed by atoms with van der Waals surface area (Å²) in [6.07, 6.45) is 0. The van der Waals surface area contributed by atoms with Crippen LogP contribution in [0.4, 0.5) is 5.69 Å². The third-order valence-corrected chi connectivity index (χ3v) is 4.00. The van der Waals surface area contributed by atoms with E-state index >= 15 is 0 Å². The summed E-state index contributed by atoms with van der Waals surface area (Å²) >= 11 is 0. The summed E-state index contributed by atoms with van der Waals surface area (Å²) in [5.74, 6) is 0.686. The summed E-state index contributed by atoms with van der Waals surface area (Å²) in [7, 11) is 1.75. The zero-order valence-electron chi connectivity index (χ0n) is 14.6. The van der Waals surface area contributed by atoms with Crippen molar-refractivity contribution in [1.82, 2.24) is 10.2 Å². The molecule has 0 aliphatic rings. The van der Waals surface area contributed by atoms with Crippen molar-refractivity contribution >= 4 is 11.6 Å². The molecule has 3 aromatic rings. The van der Waals surface area contributed by atoms with E-state index in [2.05, 4.69) is 10.2 Å². The number of anilines is 1. The van der Waals surface area contributed by atoms with Gasteiger partial charge >= 0.3 is 0 Å². The zero-order chi connectivity index (χ0) is 17.8. The second kappa shape index (κ2) is 7.21. The van der Waals surface area contributed by atoms with E-state index in [-0.39, 0.29) is 5.91 Å². The number of carbonyl (C=O) groups is 1. The van der Waals surface area contributed by atoms with Crippen molar-refractivity contribution < 1.29 is 9.53 Å². The molecule has 0 atom stereocenters. The van der Waals surface area contributed by atoms with Gasteiger partial charge in [0.05, 0.1) is 12.3 Å². The smallest absolute Gasteiger partial charge is 0.276 e. The number of H-pyrrole nitrogens is 1. The van der Waals surface area contributed by atoms with Gasteiger partial charge in [-0.3, -0.25) is 9.89 Å². The molecule has 0 unspecified atom stereocenters. The number of rotatable bonds is 5. The normalized spacial score (nSPS) is 10.5. The summed E-state index contributed by atoms with van der Waals surface area (Å²) < 4.78 is 5.44. The first-order valence-electron chi connectivity index (χ1n) is 8.22. The Labute approximate surface area is 147 Å². The molecule has 5 nitrogen and oxygen atoms in total. The Morgan fingerprint density at radius 3 is 2.44 bits per heavy atom. The first-order valence-corrected chi connectivity index (χ1v) is 8.22. The molecule has 0 radical (unpaired) electrons.